The van der Waals surface area contributed by atoms with E-state index < -0.39 is 0 Å². The molecule has 0 saturated heterocycles. The van der Waals surface area contributed by atoms with Crippen LogP contribution in [0.4, 0.5) is 0 Å². The minimum atomic E-state index is 0.0520. The average molecular weight is 368 g/mol. The summed E-state index contributed by atoms with van der Waals surface area (Å²) >= 11 is 9.67. The Balaban J connectivity index is 1.86. The maximum absolute atomic E-state index is 6.26. The van der Waals surface area contributed by atoms with Gasteiger partial charge < -0.3 is 10.6 Å². The third-order valence-corrected chi connectivity index (χ3v) is 4.36. The molecule has 0 aliphatic carbocycles. The van der Waals surface area contributed by atoms with Crippen molar-refractivity contribution in [2.75, 3.05) is 13.6 Å². The lowest BCUT2D eigenvalue weighted by Crippen LogP contribution is -2.23. The van der Waals surface area contributed by atoms with Crippen molar-refractivity contribution in [3.63, 3.8) is 0 Å². The highest BCUT2D eigenvalue weighted by Gasteiger charge is 2.09. The summed E-state index contributed by atoms with van der Waals surface area (Å²) < 4.78 is 1.07. The van der Waals surface area contributed by atoms with Crippen LogP contribution in [-0.4, -0.2) is 18.5 Å². The van der Waals surface area contributed by atoms with E-state index in [2.05, 4.69) is 46.1 Å². The minimum Gasteiger partial charge on any atom is -0.324 e. The highest BCUT2D eigenvalue weighted by Crippen LogP contribution is 2.20. The van der Waals surface area contributed by atoms with Gasteiger partial charge in [-0.25, -0.2) is 0 Å². The lowest BCUT2D eigenvalue weighted by atomic mass is 10.0. The molecular formula is C17H20BrClN2. The van der Waals surface area contributed by atoms with Crippen molar-refractivity contribution in [2.24, 2.45) is 5.73 Å². The van der Waals surface area contributed by atoms with Crippen molar-refractivity contribution in [1.29, 1.82) is 0 Å². The molecule has 1 atom stereocenters. The van der Waals surface area contributed by atoms with Crippen LogP contribution in [0.15, 0.2) is 53.0 Å². The molecule has 21 heavy (non-hydrogen) atoms. The highest BCUT2D eigenvalue weighted by atomic mass is 79.9. The predicted molar refractivity (Wildman–Crippen MR) is 93.5 cm³/mol. The lowest BCUT2D eigenvalue weighted by molar-refractivity contribution is 0.311. The summed E-state index contributed by atoms with van der Waals surface area (Å²) in [5, 5.41) is 0.820. The average Bonchev–Trinajstić information content (AvgIpc) is 2.47. The van der Waals surface area contributed by atoms with E-state index in [9.17, 15) is 0 Å². The van der Waals surface area contributed by atoms with Crippen molar-refractivity contribution in [3.05, 3.63) is 69.2 Å². The number of nitrogens with zero attached hydrogens (tertiary/aromatic N) is 1. The zero-order chi connectivity index (χ0) is 15.2. The second kappa shape index (κ2) is 7.95. The first-order valence-electron chi connectivity index (χ1n) is 6.99. The molecule has 0 bridgehead atoms. The van der Waals surface area contributed by atoms with Crippen molar-refractivity contribution in [3.8, 4) is 0 Å². The largest absolute Gasteiger partial charge is 0.324 e. The first-order valence-corrected chi connectivity index (χ1v) is 8.16. The van der Waals surface area contributed by atoms with Crippen LogP contribution in [0, 0.1) is 0 Å². The Morgan fingerprint density at radius 3 is 2.67 bits per heavy atom. The fourth-order valence-corrected chi connectivity index (χ4v) is 2.87. The molecule has 0 amide bonds. The van der Waals surface area contributed by atoms with Crippen LogP contribution < -0.4 is 5.73 Å². The number of benzene rings is 2. The smallest absolute Gasteiger partial charge is 0.0451 e. The summed E-state index contributed by atoms with van der Waals surface area (Å²) in [5.74, 6) is 0. The zero-order valence-electron chi connectivity index (χ0n) is 12.1. The van der Waals surface area contributed by atoms with Crippen molar-refractivity contribution in [2.45, 2.75) is 19.0 Å². The molecule has 2 rings (SSSR count). The molecule has 0 aliphatic rings. The molecule has 2 N–H and O–H groups in total. The van der Waals surface area contributed by atoms with E-state index in [1.807, 2.05) is 30.3 Å². The molecule has 4 heteroatoms. The number of nitrogens with two attached hydrogens (primary N) is 1. The molecule has 0 aliphatic heterocycles. The van der Waals surface area contributed by atoms with Gasteiger partial charge in [-0.3, -0.25) is 0 Å². The zero-order valence-corrected chi connectivity index (χ0v) is 14.4. The fourth-order valence-electron chi connectivity index (χ4n) is 2.26. The molecule has 1 unspecified atom stereocenters. The van der Waals surface area contributed by atoms with E-state index in [0.717, 1.165) is 40.1 Å². The Morgan fingerprint density at radius 2 is 1.95 bits per heavy atom. The number of halogens is 2. The molecule has 0 saturated carbocycles. The monoisotopic (exact) mass is 366 g/mol. The van der Waals surface area contributed by atoms with Gasteiger partial charge in [-0.2, -0.15) is 0 Å². The molecule has 0 spiro atoms. The van der Waals surface area contributed by atoms with Gasteiger partial charge in [0, 0.05) is 22.1 Å². The van der Waals surface area contributed by atoms with Crippen LogP contribution in [0.25, 0.3) is 0 Å². The van der Waals surface area contributed by atoms with Crippen molar-refractivity contribution in [1.82, 2.24) is 4.90 Å². The van der Waals surface area contributed by atoms with E-state index in [0.29, 0.717) is 0 Å². The summed E-state index contributed by atoms with van der Waals surface area (Å²) in [4.78, 5) is 2.25. The topological polar surface area (TPSA) is 29.3 Å². The normalized spacial score (nSPS) is 12.6. The molecule has 2 aromatic rings. The highest BCUT2D eigenvalue weighted by molar-refractivity contribution is 9.10. The van der Waals surface area contributed by atoms with Gasteiger partial charge in [-0.1, -0.05) is 57.9 Å². The van der Waals surface area contributed by atoms with Gasteiger partial charge in [0.1, 0.15) is 0 Å². The Morgan fingerprint density at radius 1 is 1.19 bits per heavy atom. The standard InChI is InChI=1S/C17H20BrClN2/c1-21(12-14-5-2-3-8-16(14)19)10-9-17(20)13-6-4-7-15(18)11-13/h2-8,11,17H,9-10,12,20H2,1H3. The minimum absolute atomic E-state index is 0.0520. The predicted octanol–water partition coefficient (Wildman–Crippen LogP) is 4.62. The maximum atomic E-state index is 6.26. The molecule has 0 radical (unpaired) electrons. The second-order valence-electron chi connectivity index (χ2n) is 5.28. The third-order valence-electron chi connectivity index (χ3n) is 3.50. The molecule has 112 valence electrons. The second-order valence-corrected chi connectivity index (χ2v) is 6.60. The molecule has 0 fully saturated rings. The van der Waals surface area contributed by atoms with Gasteiger partial charge in [-0.05, 0) is 49.3 Å². The SMILES string of the molecule is CN(CCC(N)c1cccc(Br)c1)Cc1ccccc1Cl. The van der Waals surface area contributed by atoms with Gasteiger partial charge in [-0.15, -0.1) is 0 Å². The van der Waals surface area contributed by atoms with Gasteiger partial charge in [0.2, 0.25) is 0 Å². The third kappa shape index (κ3) is 5.11. The van der Waals surface area contributed by atoms with E-state index >= 15 is 0 Å². The molecular weight excluding hydrogens is 348 g/mol. The summed E-state index contributed by atoms with van der Waals surface area (Å²) in [5.41, 5.74) is 8.58. The summed E-state index contributed by atoms with van der Waals surface area (Å²) in [6.07, 6.45) is 0.914. The van der Waals surface area contributed by atoms with Crippen molar-refractivity contribution >= 4 is 27.5 Å². The quantitative estimate of drug-likeness (QED) is 0.807. The lowest BCUT2D eigenvalue weighted by Gasteiger charge is -2.20. The first kappa shape index (κ1) is 16.5. The molecule has 2 nitrogen and oxygen atoms in total. The van der Waals surface area contributed by atoms with E-state index in [1.165, 1.54) is 0 Å². The number of hydrogen-bond acceptors (Lipinski definition) is 2. The summed E-state index contributed by atoms with van der Waals surface area (Å²) in [7, 11) is 2.09. The number of rotatable bonds is 6. The van der Waals surface area contributed by atoms with E-state index in [1.54, 1.807) is 0 Å². The van der Waals surface area contributed by atoms with Gasteiger partial charge >= 0.3 is 0 Å². The molecule has 2 aromatic carbocycles. The van der Waals surface area contributed by atoms with E-state index in [4.69, 9.17) is 17.3 Å². The van der Waals surface area contributed by atoms with Crippen LogP contribution in [0.2, 0.25) is 5.02 Å². The Labute approximate surface area is 140 Å². The van der Waals surface area contributed by atoms with Crippen LogP contribution in [0.1, 0.15) is 23.6 Å². The van der Waals surface area contributed by atoms with Crippen LogP contribution in [0.5, 0.6) is 0 Å². The van der Waals surface area contributed by atoms with Crippen LogP contribution >= 0.6 is 27.5 Å². The summed E-state index contributed by atoms with van der Waals surface area (Å²) in [6.45, 7) is 1.77. The fraction of sp³-hybridized carbons (Fsp3) is 0.294. The summed E-state index contributed by atoms with van der Waals surface area (Å²) in [6, 6.07) is 16.2. The number of hydrogen-bond donors (Lipinski definition) is 1. The van der Waals surface area contributed by atoms with Crippen LogP contribution in [-0.2, 0) is 6.54 Å². The van der Waals surface area contributed by atoms with Gasteiger partial charge in [0.15, 0.2) is 0 Å². The molecule has 0 aromatic heterocycles. The first-order chi connectivity index (χ1) is 10.1. The van der Waals surface area contributed by atoms with Gasteiger partial charge in [0.25, 0.3) is 0 Å². The maximum Gasteiger partial charge on any atom is 0.0451 e. The van der Waals surface area contributed by atoms with E-state index in [-0.39, 0.29) is 6.04 Å². The Kier molecular flexibility index (Phi) is 6.24. The van der Waals surface area contributed by atoms with Crippen LogP contribution in [0.3, 0.4) is 0 Å². The Hall–Kier alpha value is -0.870. The van der Waals surface area contributed by atoms with Gasteiger partial charge in [0.05, 0.1) is 0 Å². The Bertz CT molecular complexity index is 589. The van der Waals surface area contributed by atoms with Crippen molar-refractivity contribution < 1.29 is 0 Å². The molecule has 0 heterocycles.